The summed E-state index contributed by atoms with van der Waals surface area (Å²) in [6, 6.07) is 10.7. The Morgan fingerprint density at radius 3 is 2.75 bits per heavy atom. The Morgan fingerprint density at radius 1 is 1.19 bits per heavy atom. The van der Waals surface area contributed by atoms with Crippen LogP contribution in [0.5, 0.6) is 0 Å². The molecule has 2 heterocycles. The molecule has 0 saturated carbocycles. The number of aryl methyl sites for hydroxylation is 1. The summed E-state index contributed by atoms with van der Waals surface area (Å²) in [7, 11) is 0. The smallest absolute Gasteiger partial charge is 0.134 e. The number of nitrogens with one attached hydrogen (secondary N) is 1. The molecule has 1 aliphatic heterocycles. The van der Waals surface area contributed by atoms with Gasteiger partial charge in [-0.15, -0.1) is 0 Å². The maximum atomic E-state index is 5.87. The summed E-state index contributed by atoms with van der Waals surface area (Å²) < 4.78 is 5.87. The second kappa shape index (κ2) is 3.80. The first-order valence-corrected chi connectivity index (χ1v) is 5.72. The summed E-state index contributed by atoms with van der Waals surface area (Å²) in [5.74, 6) is 2.09. The van der Waals surface area contributed by atoms with E-state index in [4.69, 9.17) is 4.42 Å². The molecule has 2 aromatic rings. The summed E-state index contributed by atoms with van der Waals surface area (Å²) in [6.45, 7) is 4.02. The second-order valence-corrected chi connectivity index (χ2v) is 4.35. The zero-order chi connectivity index (χ0) is 11.0. The fourth-order valence-corrected chi connectivity index (χ4v) is 2.11. The van der Waals surface area contributed by atoms with Gasteiger partial charge in [0.05, 0.1) is 6.54 Å². The fraction of sp³-hybridized carbons (Fsp3) is 0.286. The van der Waals surface area contributed by atoms with Crippen molar-refractivity contribution in [3.05, 3.63) is 47.2 Å². The highest BCUT2D eigenvalue weighted by Crippen LogP contribution is 2.27. The molecule has 16 heavy (non-hydrogen) atoms. The monoisotopic (exact) mass is 213 g/mol. The molecule has 0 bridgehead atoms. The average Bonchev–Trinajstić information content (AvgIpc) is 2.73. The van der Waals surface area contributed by atoms with Gasteiger partial charge in [0.2, 0.25) is 0 Å². The highest BCUT2D eigenvalue weighted by Gasteiger charge is 2.15. The van der Waals surface area contributed by atoms with Gasteiger partial charge in [0, 0.05) is 5.56 Å². The first kappa shape index (κ1) is 9.67. The van der Waals surface area contributed by atoms with Gasteiger partial charge < -0.3 is 9.73 Å². The van der Waals surface area contributed by atoms with E-state index in [2.05, 4.69) is 42.6 Å². The van der Waals surface area contributed by atoms with Gasteiger partial charge in [0.1, 0.15) is 11.5 Å². The molecule has 1 aromatic carbocycles. The van der Waals surface area contributed by atoms with Crippen molar-refractivity contribution in [3.63, 3.8) is 0 Å². The molecule has 0 unspecified atom stereocenters. The van der Waals surface area contributed by atoms with Crippen LogP contribution in [0, 0.1) is 6.92 Å². The van der Waals surface area contributed by atoms with Crippen LogP contribution in [0.25, 0.3) is 11.3 Å². The number of benzene rings is 1. The molecule has 82 valence electrons. The first-order chi connectivity index (χ1) is 7.83. The highest BCUT2D eigenvalue weighted by molar-refractivity contribution is 5.59. The van der Waals surface area contributed by atoms with Crippen LogP contribution in [0.4, 0.5) is 0 Å². The van der Waals surface area contributed by atoms with Crippen molar-refractivity contribution < 1.29 is 4.42 Å². The predicted molar refractivity (Wildman–Crippen MR) is 64.3 cm³/mol. The third kappa shape index (κ3) is 1.65. The third-order valence-corrected chi connectivity index (χ3v) is 3.09. The van der Waals surface area contributed by atoms with Crippen LogP contribution >= 0.6 is 0 Å². The number of furan rings is 1. The Bertz CT molecular complexity index is 472. The molecule has 3 rings (SSSR count). The van der Waals surface area contributed by atoms with Crippen LogP contribution in [0.1, 0.15) is 16.9 Å². The summed E-state index contributed by atoms with van der Waals surface area (Å²) in [4.78, 5) is 0. The van der Waals surface area contributed by atoms with E-state index in [0.29, 0.717) is 0 Å². The molecule has 0 aliphatic carbocycles. The molecule has 0 saturated heterocycles. The van der Waals surface area contributed by atoms with Crippen molar-refractivity contribution in [2.24, 2.45) is 0 Å². The quantitative estimate of drug-likeness (QED) is 0.788. The van der Waals surface area contributed by atoms with Gasteiger partial charge in [-0.1, -0.05) is 29.8 Å². The first-order valence-electron chi connectivity index (χ1n) is 5.72. The Balaban J connectivity index is 2.00. The summed E-state index contributed by atoms with van der Waals surface area (Å²) in [5.41, 5.74) is 3.80. The van der Waals surface area contributed by atoms with E-state index in [1.807, 2.05) is 0 Å². The molecule has 0 atom stereocenters. The number of hydrogen-bond donors (Lipinski definition) is 1. The van der Waals surface area contributed by atoms with E-state index in [1.54, 1.807) is 0 Å². The predicted octanol–water partition coefficient (Wildman–Crippen LogP) is 2.90. The van der Waals surface area contributed by atoms with Crippen molar-refractivity contribution >= 4 is 0 Å². The molecule has 0 amide bonds. The van der Waals surface area contributed by atoms with Gasteiger partial charge >= 0.3 is 0 Å². The molecule has 0 spiro atoms. The van der Waals surface area contributed by atoms with E-state index in [1.165, 1.54) is 16.7 Å². The SMILES string of the molecule is Cc1ccc(-c2cc3c(o2)CNCC3)cc1. The molecule has 2 nitrogen and oxygen atoms in total. The van der Waals surface area contributed by atoms with Crippen molar-refractivity contribution in [3.8, 4) is 11.3 Å². The number of fused-ring (bicyclic) bond motifs is 1. The zero-order valence-corrected chi connectivity index (χ0v) is 9.42. The maximum Gasteiger partial charge on any atom is 0.134 e. The normalized spacial score (nSPS) is 14.8. The van der Waals surface area contributed by atoms with Gasteiger partial charge in [-0.25, -0.2) is 0 Å². The highest BCUT2D eigenvalue weighted by atomic mass is 16.3. The molecule has 1 aromatic heterocycles. The van der Waals surface area contributed by atoms with Gasteiger partial charge in [-0.2, -0.15) is 0 Å². The summed E-state index contributed by atoms with van der Waals surface area (Å²) in [5, 5.41) is 3.32. The van der Waals surface area contributed by atoms with Crippen molar-refractivity contribution in [2.45, 2.75) is 19.9 Å². The van der Waals surface area contributed by atoms with Gasteiger partial charge in [-0.3, -0.25) is 0 Å². The minimum Gasteiger partial charge on any atom is -0.459 e. The summed E-state index contributed by atoms with van der Waals surface area (Å²) in [6.07, 6.45) is 1.07. The van der Waals surface area contributed by atoms with E-state index in [9.17, 15) is 0 Å². The Morgan fingerprint density at radius 2 is 2.00 bits per heavy atom. The fourth-order valence-electron chi connectivity index (χ4n) is 2.11. The maximum absolute atomic E-state index is 5.87. The van der Waals surface area contributed by atoms with E-state index in [-0.39, 0.29) is 0 Å². The van der Waals surface area contributed by atoms with Crippen LogP contribution in [0.15, 0.2) is 34.7 Å². The van der Waals surface area contributed by atoms with Crippen LogP contribution in [0.2, 0.25) is 0 Å². The van der Waals surface area contributed by atoms with Gasteiger partial charge in [0.15, 0.2) is 0 Å². The third-order valence-electron chi connectivity index (χ3n) is 3.09. The molecule has 1 N–H and O–H groups in total. The van der Waals surface area contributed by atoms with Gasteiger partial charge in [-0.05, 0) is 31.5 Å². The molecule has 2 heteroatoms. The minimum atomic E-state index is 0.862. The summed E-state index contributed by atoms with van der Waals surface area (Å²) >= 11 is 0. The van der Waals surface area contributed by atoms with Crippen LogP contribution < -0.4 is 5.32 Å². The van der Waals surface area contributed by atoms with E-state index < -0.39 is 0 Å². The molecular formula is C14H15NO. The van der Waals surface area contributed by atoms with Crippen LogP contribution in [0.3, 0.4) is 0 Å². The van der Waals surface area contributed by atoms with Crippen LogP contribution in [-0.2, 0) is 13.0 Å². The lowest BCUT2D eigenvalue weighted by Crippen LogP contribution is -2.22. The molecule has 1 aliphatic rings. The topological polar surface area (TPSA) is 25.2 Å². The zero-order valence-electron chi connectivity index (χ0n) is 9.42. The molecular weight excluding hydrogens is 198 g/mol. The Hall–Kier alpha value is -1.54. The van der Waals surface area contributed by atoms with E-state index in [0.717, 1.165) is 31.0 Å². The lowest BCUT2D eigenvalue weighted by atomic mass is 10.1. The van der Waals surface area contributed by atoms with E-state index >= 15 is 0 Å². The molecule has 0 radical (unpaired) electrons. The molecule has 0 fully saturated rings. The lowest BCUT2D eigenvalue weighted by Gasteiger charge is -2.09. The number of hydrogen-bond acceptors (Lipinski definition) is 2. The Kier molecular flexibility index (Phi) is 2.29. The van der Waals surface area contributed by atoms with Gasteiger partial charge in [0.25, 0.3) is 0 Å². The van der Waals surface area contributed by atoms with Crippen molar-refractivity contribution in [1.82, 2.24) is 5.32 Å². The van der Waals surface area contributed by atoms with Crippen molar-refractivity contribution in [2.75, 3.05) is 6.54 Å². The lowest BCUT2D eigenvalue weighted by molar-refractivity contribution is 0.472. The average molecular weight is 213 g/mol. The van der Waals surface area contributed by atoms with Crippen LogP contribution in [-0.4, -0.2) is 6.54 Å². The second-order valence-electron chi connectivity index (χ2n) is 4.35. The Labute approximate surface area is 95.3 Å². The van der Waals surface area contributed by atoms with Crippen molar-refractivity contribution in [1.29, 1.82) is 0 Å². The standard InChI is InChI=1S/C14H15NO/c1-10-2-4-11(5-3-10)13-8-12-6-7-15-9-14(12)16-13/h2-5,8,15H,6-7,9H2,1H3. The minimum absolute atomic E-state index is 0.862. The number of rotatable bonds is 1. The largest absolute Gasteiger partial charge is 0.459 e.